The van der Waals surface area contributed by atoms with Crippen molar-refractivity contribution < 1.29 is 18.9 Å². The number of ether oxygens (including phenoxy) is 4. The Balaban J connectivity index is 1.28. The highest BCUT2D eigenvalue weighted by Crippen LogP contribution is 2.31. The minimum atomic E-state index is -0.0970. The topological polar surface area (TPSA) is 49.8 Å². The second kappa shape index (κ2) is 9.68. The fraction of sp³-hybridized carbons (Fsp3) is 0.720. The summed E-state index contributed by atoms with van der Waals surface area (Å²) < 4.78 is 23.6. The molecule has 2 saturated carbocycles. The first kappa shape index (κ1) is 23.1. The number of nitrogens with zero attached hydrogens (tertiary/aromatic N) is 1. The lowest BCUT2D eigenvalue weighted by Crippen LogP contribution is -2.43. The third kappa shape index (κ3) is 7.91. The average molecular weight is 416 g/mol. The molecule has 2 fully saturated rings. The molecule has 2 aliphatic carbocycles. The van der Waals surface area contributed by atoms with E-state index in [-0.39, 0.29) is 17.3 Å². The van der Waals surface area contributed by atoms with Crippen molar-refractivity contribution in [1.82, 2.24) is 4.98 Å². The molecule has 0 N–H and O–H groups in total. The van der Waals surface area contributed by atoms with Crippen LogP contribution in [-0.4, -0.2) is 47.2 Å². The van der Waals surface area contributed by atoms with Gasteiger partial charge in [0.2, 0.25) is 5.88 Å². The molecule has 0 aliphatic heterocycles. The highest BCUT2D eigenvalue weighted by molar-refractivity contribution is 5.33. The monoisotopic (exact) mass is 415 g/mol. The third-order valence-electron chi connectivity index (χ3n) is 4.98. The summed E-state index contributed by atoms with van der Waals surface area (Å²) >= 11 is 0. The Morgan fingerprint density at radius 2 is 1.47 bits per heavy atom. The average Bonchev–Trinajstić information content (AvgIpc) is 2.56. The van der Waals surface area contributed by atoms with Crippen molar-refractivity contribution in [2.45, 2.75) is 109 Å². The molecule has 0 atom stereocenters. The van der Waals surface area contributed by atoms with Crippen LogP contribution in [0.1, 0.15) is 79.2 Å². The van der Waals surface area contributed by atoms with Crippen LogP contribution in [0.25, 0.3) is 0 Å². The molecular weight excluding hydrogens is 378 g/mol. The van der Waals surface area contributed by atoms with E-state index in [0.717, 1.165) is 37.7 Å². The molecule has 5 heteroatoms. The normalized spacial score (nSPS) is 26.2. The summed E-state index contributed by atoms with van der Waals surface area (Å²) in [5.41, 5.74) is 0.726. The van der Waals surface area contributed by atoms with E-state index in [1.165, 1.54) is 0 Å². The molecule has 1 aromatic heterocycles. The SMILES string of the molecule is CC(C)(C)OC1CC(OCCC#Cc2ccc(OC3CC(OC(C)(C)C)C3)nc2)C1. The van der Waals surface area contributed by atoms with E-state index in [9.17, 15) is 0 Å². The number of hydrogen-bond acceptors (Lipinski definition) is 5. The number of aromatic nitrogens is 1. The summed E-state index contributed by atoms with van der Waals surface area (Å²) in [6.45, 7) is 13.2. The van der Waals surface area contributed by atoms with Gasteiger partial charge in [-0.25, -0.2) is 4.98 Å². The van der Waals surface area contributed by atoms with Crippen LogP contribution in [0.3, 0.4) is 0 Å². The summed E-state index contributed by atoms with van der Waals surface area (Å²) in [7, 11) is 0. The molecule has 0 amide bonds. The fourth-order valence-corrected chi connectivity index (χ4v) is 3.60. The van der Waals surface area contributed by atoms with Gasteiger partial charge >= 0.3 is 0 Å². The highest BCUT2D eigenvalue weighted by atomic mass is 16.5. The zero-order chi connectivity index (χ0) is 21.8. The van der Waals surface area contributed by atoms with Gasteiger partial charge < -0.3 is 18.9 Å². The number of pyridine rings is 1. The van der Waals surface area contributed by atoms with Crippen molar-refractivity contribution in [3.8, 4) is 17.7 Å². The van der Waals surface area contributed by atoms with E-state index >= 15 is 0 Å². The van der Waals surface area contributed by atoms with Crippen LogP contribution in [-0.2, 0) is 14.2 Å². The van der Waals surface area contributed by atoms with Crippen LogP contribution in [0.2, 0.25) is 0 Å². The smallest absolute Gasteiger partial charge is 0.213 e. The molecule has 0 radical (unpaired) electrons. The lowest BCUT2D eigenvalue weighted by Gasteiger charge is -2.38. The minimum Gasteiger partial charge on any atom is -0.474 e. The summed E-state index contributed by atoms with van der Waals surface area (Å²) in [6, 6.07) is 3.85. The van der Waals surface area contributed by atoms with Crippen molar-refractivity contribution >= 4 is 0 Å². The van der Waals surface area contributed by atoms with Gasteiger partial charge in [-0.3, -0.25) is 0 Å². The maximum Gasteiger partial charge on any atom is 0.213 e. The van der Waals surface area contributed by atoms with Gasteiger partial charge in [0.15, 0.2) is 0 Å². The van der Waals surface area contributed by atoms with Crippen molar-refractivity contribution in [2.24, 2.45) is 0 Å². The first-order valence-electron chi connectivity index (χ1n) is 11.1. The zero-order valence-corrected chi connectivity index (χ0v) is 19.4. The van der Waals surface area contributed by atoms with E-state index in [0.29, 0.717) is 30.8 Å². The van der Waals surface area contributed by atoms with Gasteiger partial charge in [-0.1, -0.05) is 11.8 Å². The van der Waals surface area contributed by atoms with Crippen LogP contribution >= 0.6 is 0 Å². The fourth-order valence-electron chi connectivity index (χ4n) is 3.60. The largest absolute Gasteiger partial charge is 0.474 e. The molecule has 0 spiro atoms. The van der Waals surface area contributed by atoms with Crippen molar-refractivity contribution in [2.75, 3.05) is 6.61 Å². The van der Waals surface area contributed by atoms with E-state index in [1.807, 2.05) is 12.1 Å². The quantitative estimate of drug-likeness (QED) is 0.468. The maximum absolute atomic E-state index is 5.94. The minimum absolute atomic E-state index is 0.0727. The summed E-state index contributed by atoms with van der Waals surface area (Å²) in [5.74, 6) is 6.96. The van der Waals surface area contributed by atoms with Gasteiger partial charge in [-0.2, -0.15) is 0 Å². The lowest BCUT2D eigenvalue weighted by molar-refractivity contribution is -0.147. The maximum atomic E-state index is 5.94. The number of hydrogen-bond donors (Lipinski definition) is 0. The van der Waals surface area contributed by atoms with Crippen LogP contribution < -0.4 is 4.74 Å². The Morgan fingerprint density at radius 3 is 2.00 bits per heavy atom. The molecule has 5 nitrogen and oxygen atoms in total. The van der Waals surface area contributed by atoms with Crippen LogP contribution in [0.4, 0.5) is 0 Å². The molecule has 0 unspecified atom stereocenters. The summed E-state index contributed by atoms with van der Waals surface area (Å²) in [4.78, 5) is 4.38. The Labute approximate surface area is 181 Å². The first-order chi connectivity index (χ1) is 14.1. The molecular formula is C25H37NO4. The van der Waals surface area contributed by atoms with Gasteiger partial charge in [0.25, 0.3) is 0 Å². The second-order valence-corrected chi connectivity index (χ2v) is 10.3. The first-order valence-corrected chi connectivity index (χ1v) is 11.1. The highest BCUT2D eigenvalue weighted by Gasteiger charge is 2.35. The van der Waals surface area contributed by atoms with Gasteiger partial charge in [-0.05, 0) is 60.5 Å². The summed E-state index contributed by atoms with van der Waals surface area (Å²) in [5, 5.41) is 0. The van der Waals surface area contributed by atoms with E-state index in [2.05, 4.69) is 58.4 Å². The predicted octanol–water partition coefficient (Wildman–Crippen LogP) is 4.91. The summed E-state index contributed by atoms with van der Waals surface area (Å²) in [6.07, 6.45) is 7.44. The van der Waals surface area contributed by atoms with Crippen LogP contribution in [0, 0.1) is 11.8 Å². The molecule has 3 rings (SSSR count). The van der Waals surface area contributed by atoms with E-state index < -0.39 is 0 Å². The van der Waals surface area contributed by atoms with Crippen molar-refractivity contribution in [3.05, 3.63) is 23.9 Å². The predicted molar refractivity (Wildman–Crippen MR) is 118 cm³/mol. The van der Waals surface area contributed by atoms with E-state index in [1.54, 1.807) is 6.20 Å². The lowest BCUT2D eigenvalue weighted by atomic mass is 9.91. The van der Waals surface area contributed by atoms with Gasteiger partial charge in [0.1, 0.15) is 6.10 Å². The third-order valence-corrected chi connectivity index (χ3v) is 4.98. The molecule has 1 heterocycles. The van der Waals surface area contributed by atoms with Gasteiger partial charge in [0, 0.05) is 37.1 Å². The van der Waals surface area contributed by atoms with Gasteiger partial charge in [-0.15, -0.1) is 0 Å². The molecule has 0 saturated heterocycles. The Morgan fingerprint density at radius 1 is 0.867 bits per heavy atom. The molecule has 1 aromatic rings. The van der Waals surface area contributed by atoms with Crippen LogP contribution in [0.5, 0.6) is 5.88 Å². The molecule has 2 aliphatic rings. The Bertz CT molecular complexity index is 724. The molecule has 166 valence electrons. The van der Waals surface area contributed by atoms with Crippen LogP contribution in [0.15, 0.2) is 18.3 Å². The Kier molecular flexibility index (Phi) is 7.44. The van der Waals surface area contributed by atoms with Gasteiger partial charge in [0.05, 0.1) is 36.1 Å². The molecule has 30 heavy (non-hydrogen) atoms. The molecule has 0 aromatic carbocycles. The van der Waals surface area contributed by atoms with Crippen molar-refractivity contribution in [1.29, 1.82) is 0 Å². The number of rotatable bonds is 7. The standard InChI is InChI=1S/C25H37NO4/c1-24(2,3)29-21-13-19(14-21)27-12-8-7-9-18-10-11-23(26-17-18)28-20-15-22(16-20)30-25(4,5)6/h10-11,17,19-22H,8,12-16H2,1-6H3. The molecule has 0 bridgehead atoms. The Hall–Kier alpha value is -1.61. The van der Waals surface area contributed by atoms with E-state index in [4.69, 9.17) is 18.9 Å². The second-order valence-electron chi connectivity index (χ2n) is 10.3. The zero-order valence-electron chi connectivity index (χ0n) is 19.4. The van der Waals surface area contributed by atoms with Crippen molar-refractivity contribution in [3.63, 3.8) is 0 Å².